The fourth-order valence-electron chi connectivity index (χ4n) is 1.31. The molecule has 0 unspecified atom stereocenters. The van der Waals surface area contributed by atoms with E-state index < -0.39 is 0 Å². The lowest BCUT2D eigenvalue weighted by atomic mass is 10.2. The van der Waals surface area contributed by atoms with Crippen molar-refractivity contribution in [1.29, 1.82) is 0 Å². The summed E-state index contributed by atoms with van der Waals surface area (Å²) in [5.74, 6) is 0. The van der Waals surface area contributed by atoms with Gasteiger partial charge < -0.3 is 14.2 Å². The van der Waals surface area contributed by atoms with Gasteiger partial charge in [-0.05, 0) is 19.3 Å². The maximum Gasteiger partial charge on any atom is 0.157 e. The van der Waals surface area contributed by atoms with E-state index in [9.17, 15) is 0 Å². The number of rotatable bonds is 6. The van der Waals surface area contributed by atoms with Gasteiger partial charge in [-0.25, -0.2) is 0 Å². The minimum Gasteiger partial charge on any atom is -0.385 e. The smallest absolute Gasteiger partial charge is 0.157 e. The van der Waals surface area contributed by atoms with Crippen molar-refractivity contribution in [2.75, 3.05) is 26.9 Å². The highest BCUT2D eigenvalue weighted by atomic mass is 16.7. The highest BCUT2D eigenvalue weighted by Crippen LogP contribution is 2.12. The first-order chi connectivity index (χ1) is 5.93. The highest BCUT2D eigenvalue weighted by molar-refractivity contribution is 4.52. The predicted octanol–water partition coefficient (Wildman–Crippen LogP) is 1.57. The average molecular weight is 174 g/mol. The summed E-state index contributed by atoms with van der Waals surface area (Å²) in [5, 5.41) is 0. The molecule has 0 aromatic rings. The standard InChI is InChI=1S/C9H18O3/c1-10-6-4-2-3-5-9-11-7-8-12-9/h9H,2-8H2,1H3. The summed E-state index contributed by atoms with van der Waals surface area (Å²) >= 11 is 0. The maximum absolute atomic E-state index is 5.31. The van der Waals surface area contributed by atoms with Crippen LogP contribution in [0.3, 0.4) is 0 Å². The van der Waals surface area contributed by atoms with Crippen LogP contribution in [0.15, 0.2) is 0 Å². The van der Waals surface area contributed by atoms with Gasteiger partial charge in [-0.2, -0.15) is 0 Å². The Kier molecular flexibility index (Phi) is 5.32. The number of ether oxygens (including phenoxy) is 3. The van der Waals surface area contributed by atoms with Crippen LogP contribution in [0.25, 0.3) is 0 Å². The fraction of sp³-hybridized carbons (Fsp3) is 1.00. The topological polar surface area (TPSA) is 27.7 Å². The molecule has 1 heterocycles. The summed E-state index contributed by atoms with van der Waals surface area (Å²) in [6.07, 6.45) is 4.63. The van der Waals surface area contributed by atoms with Gasteiger partial charge in [-0.1, -0.05) is 6.42 Å². The third-order valence-corrected chi connectivity index (χ3v) is 1.98. The van der Waals surface area contributed by atoms with Gasteiger partial charge in [0.1, 0.15) is 0 Å². The molecule has 3 nitrogen and oxygen atoms in total. The van der Waals surface area contributed by atoms with E-state index in [0.717, 1.165) is 32.7 Å². The van der Waals surface area contributed by atoms with E-state index >= 15 is 0 Å². The molecule has 1 aliphatic rings. The molecule has 0 radical (unpaired) electrons. The molecule has 1 aliphatic heterocycles. The normalized spacial score (nSPS) is 18.8. The quantitative estimate of drug-likeness (QED) is 0.572. The van der Waals surface area contributed by atoms with Crippen molar-refractivity contribution in [2.24, 2.45) is 0 Å². The molecule has 0 saturated carbocycles. The molecule has 3 heteroatoms. The molecule has 0 aliphatic carbocycles. The van der Waals surface area contributed by atoms with Crippen LogP contribution in [-0.2, 0) is 14.2 Å². The Balaban J connectivity index is 1.81. The lowest BCUT2D eigenvalue weighted by molar-refractivity contribution is -0.0481. The zero-order chi connectivity index (χ0) is 8.65. The van der Waals surface area contributed by atoms with Crippen molar-refractivity contribution in [3.8, 4) is 0 Å². The van der Waals surface area contributed by atoms with E-state index in [1.807, 2.05) is 0 Å². The molecule has 0 spiro atoms. The Hall–Kier alpha value is -0.120. The molecule has 0 bridgehead atoms. The second-order valence-corrected chi connectivity index (χ2v) is 3.01. The lowest BCUT2D eigenvalue weighted by Crippen LogP contribution is -2.06. The highest BCUT2D eigenvalue weighted by Gasteiger charge is 2.14. The molecule has 1 saturated heterocycles. The van der Waals surface area contributed by atoms with E-state index in [1.165, 1.54) is 12.8 Å². The molecule has 12 heavy (non-hydrogen) atoms. The van der Waals surface area contributed by atoms with Crippen molar-refractivity contribution in [1.82, 2.24) is 0 Å². The molecule has 0 amide bonds. The number of methoxy groups -OCH3 is 1. The minimum absolute atomic E-state index is 0.0764. The average Bonchev–Trinajstić information content (AvgIpc) is 2.57. The Labute approximate surface area is 74.0 Å². The van der Waals surface area contributed by atoms with E-state index in [2.05, 4.69) is 0 Å². The molecule has 1 fully saturated rings. The first-order valence-electron chi connectivity index (χ1n) is 4.65. The van der Waals surface area contributed by atoms with E-state index in [1.54, 1.807) is 7.11 Å². The molecule has 0 aromatic heterocycles. The van der Waals surface area contributed by atoms with Gasteiger partial charge in [0.25, 0.3) is 0 Å². The summed E-state index contributed by atoms with van der Waals surface area (Å²) in [6, 6.07) is 0. The maximum atomic E-state index is 5.31. The van der Waals surface area contributed by atoms with Gasteiger partial charge in [0, 0.05) is 13.7 Å². The van der Waals surface area contributed by atoms with Gasteiger partial charge in [-0.3, -0.25) is 0 Å². The van der Waals surface area contributed by atoms with E-state index in [-0.39, 0.29) is 6.29 Å². The SMILES string of the molecule is COCCCCCC1OCCO1. The molecule has 72 valence electrons. The Morgan fingerprint density at radius 1 is 1.17 bits per heavy atom. The van der Waals surface area contributed by atoms with Crippen LogP contribution < -0.4 is 0 Å². The fourth-order valence-corrected chi connectivity index (χ4v) is 1.31. The summed E-state index contributed by atoms with van der Waals surface area (Å²) in [4.78, 5) is 0. The van der Waals surface area contributed by atoms with Crippen molar-refractivity contribution < 1.29 is 14.2 Å². The summed E-state index contributed by atoms with van der Waals surface area (Å²) in [7, 11) is 1.74. The summed E-state index contributed by atoms with van der Waals surface area (Å²) in [6.45, 7) is 2.40. The third-order valence-electron chi connectivity index (χ3n) is 1.98. The molecule has 0 aromatic carbocycles. The zero-order valence-electron chi connectivity index (χ0n) is 7.75. The van der Waals surface area contributed by atoms with Gasteiger partial charge in [0.05, 0.1) is 13.2 Å². The summed E-state index contributed by atoms with van der Waals surface area (Å²) in [5.41, 5.74) is 0. The third kappa shape index (κ3) is 4.04. The second kappa shape index (κ2) is 6.40. The van der Waals surface area contributed by atoms with Crippen molar-refractivity contribution in [3.05, 3.63) is 0 Å². The number of unbranched alkanes of at least 4 members (excludes halogenated alkanes) is 2. The predicted molar refractivity (Wildman–Crippen MR) is 46.0 cm³/mol. The molecule has 0 N–H and O–H groups in total. The Morgan fingerprint density at radius 3 is 2.58 bits per heavy atom. The van der Waals surface area contributed by atoms with Crippen LogP contribution in [0.4, 0.5) is 0 Å². The van der Waals surface area contributed by atoms with Crippen LogP contribution in [-0.4, -0.2) is 33.2 Å². The van der Waals surface area contributed by atoms with Crippen LogP contribution in [0.5, 0.6) is 0 Å². The molecular formula is C9H18O3. The second-order valence-electron chi connectivity index (χ2n) is 3.01. The Bertz CT molecular complexity index is 99.9. The van der Waals surface area contributed by atoms with Crippen LogP contribution in [0.1, 0.15) is 25.7 Å². The number of hydrogen-bond acceptors (Lipinski definition) is 3. The lowest BCUT2D eigenvalue weighted by Gasteiger charge is -2.07. The van der Waals surface area contributed by atoms with Crippen molar-refractivity contribution >= 4 is 0 Å². The molecule has 1 rings (SSSR count). The van der Waals surface area contributed by atoms with Crippen LogP contribution >= 0.6 is 0 Å². The van der Waals surface area contributed by atoms with Gasteiger partial charge in [0.15, 0.2) is 6.29 Å². The Morgan fingerprint density at radius 2 is 1.92 bits per heavy atom. The summed E-state index contributed by atoms with van der Waals surface area (Å²) < 4.78 is 15.6. The van der Waals surface area contributed by atoms with Crippen LogP contribution in [0, 0.1) is 0 Å². The first-order valence-corrected chi connectivity index (χ1v) is 4.65. The van der Waals surface area contributed by atoms with E-state index in [0.29, 0.717) is 0 Å². The van der Waals surface area contributed by atoms with Crippen molar-refractivity contribution in [3.63, 3.8) is 0 Å². The van der Waals surface area contributed by atoms with Gasteiger partial charge >= 0.3 is 0 Å². The minimum atomic E-state index is 0.0764. The largest absolute Gasteiger partial charge is 0.385 e. The van der Waals surface area contributed by atoms with Gasteiger partial charge in [-0.15, -0.1) is 0 Å². The zero-order valence-corrected chi connectivity index (χ0v) is 7.75. The van der Waals surface area contributed by atoms with Gasteiger partial charge in [0.2, 0.25) is 0 Å². The van der Waals surface area contributed by atoms with Crippen molar-refractivity contribution in [2.45, 2.75) is 32.0 Å². The van der Waals surface area contributed by atoms with E-state index in [4.69, 9.17) is 14.2 Å². The monoisotopic (exact) mass is 174 g/mol. The van der Waals surface area contributed by atoms with Crippen LogP contribution in [0.2, 0.25) is 0 Å². The molecule has 0 atom stereocenters. The number of hydrogen-bond donors (Lipinski definition) is 0. The first kappa shape index (κ1) is 9.96. The molecular weight excluding hydrogens is 156 g/mol.